The number of piperazine rings is 1. The molecule has 3 aliphatic rings. The number of nitrogens with zero attached hydrogens (tertiary/aromatic N) is 6. The lowest BCUT2D eigenvalue weighted by Crippen LogP contribution is -2.55. The van der Waals surface area contributed by atoms with E-state index in [4.69, 9.17) is 14.2 Å². The average molecular weight is 717 g/mol. The van der Waals surface area contributed by atoms with Crippen LogP contribution in [-0.4, -0.2) is 113 Å². The normalized spacial score (nSPS) is 20.2. The van der Waals surface area contributed by atoms with Gasteiger partial charge in [0.05, 0.1) is 38.1 Å². The summed E-state index contributed by atoms with van der Waals surface area (Å²) in [6.45, 7) is 9.67. The number of rotatable bonds is 11. The number of amides is 2. The van der Waals surface area contributed by atoms with Crippen LogP contribution in [0.5, 0.6) is 17.4 Å². The van der Waals surface area contributed by atoms with Crippen molar-refractivity contribution in [3.63, 3.8) is 0 Å². The number of ether oxygens (including phenoxy) is 3. The predicted octanol–water partition coefficient (Wildman–Crippen LogP) is 3.41. The molecule has 6 rings (SSSR count). The number of methoxy groups -OCH3 is 2. The second kappa shape index (κ2) is 14.9. The fourth-order valence-corrected chi connectivity index (χ4v) is 9.24. The molecule has 0 N–H and O–H groups in total. The Morgan fingerprint density at radius 3 is 2.37 bits per heavy atom. The van der Waals surface area contributed by atoms with Crippen molar-refractivity contribution in [2.24, 2.45) is 0 Å². The van der Waals surface area contributed by atoms with E-state index in [2.05, 4.69) is 27.8 Å². The molecule has 0 aliphatic carbocycles. The van der Waals surface area contributed by atoms with Gasteiger partial charge < -0.3 is 24.0 Å². The van der Waals surface area contributed by atoms with Gasteiger partial charge in [0.2, 0.25) is 11.8 Å². The number of carbonyl (C=O) groups excluding carboxylic acids is 2. The molecule has 270 valence electrons. The number of nitriles is 1. The van der Waals surface area contributed by atoms with E-state index in [-0.39, 0.29) is 51.4 Å². The molecule has 0 spiro atoms. The summed E-state index contributed by atoms with van der Waals surface area (Å²) in [5, 5.41) is 9.97. The van der Waals surface area contributed by atoms with Crippen molar-refractivity contribution in [2.75, 3.05) is 70.9 Å². The number of sulfonamides is 1. The van der Waals surface area contributed by atoms with Crippen LogP contribution in [0, 0.1) is 11.3 Å². The van der Waals surface area contributed by atoms with E-state index in [0.717, 1.165) is 36.8 Å². The van der Waals surface area contributed by atoms with Crippen molar-refractivity contribution in [3.8, 4) is 23.4 Å². The maximum absolute atomic E-state index is 15.2. The molecule has 1 unspecified atom stereocenters. The van der Waals surface area contributed by atoms with Gasteiger partial charge in [-0.1, -0.05) is 13.0 Å². The van der Waals surface area contributed by atoms with E-state index in [1.807, 2.05) is 0 Å². The minimum Gasteiger partial charge on any atom is -0.497 e. The van der Waals surface area contributed by atoms with Crippen LogP contribution in [0.25, 0.3) is 0 Å². The molecule has 1 aromatic heterocycles. The van der Waals surface area contributed by atoms with Crippen LogP contribution in [0.2, 0.25) is 0 Å². The zero-order chi connectivity index (χ0) is 36.3. The highest BCUT2D eigenvalue weighted by atomic mass is 32.2. The number of hydrogen-bond acceptors (Lipinski definition) is 11. The first kappa shape index (κ1) is 36.1. The van der Waals surface area contributed by atoms with Crippen LogP contribution in [0.4, 0.5) is 5.69 Å². The van der Waals surface area contributed by atoms with Gasteiger partial charge in [-0.15, -0.1) is 0 Å². The summed E-state index contributed by atoms with van der Waals surface area (Å²) in [5.41, 5.74) is -1.23. The third-order valence-electron chi connectivity index (χ3n) is 10.4. The quantitative estimate of drug-likeness (QED) is 0.288. The van der Waals surface area contributed by atoms with Gasteiger partial charge in [-0.2, -0.15) is 5.26 Å². The summed E-state index contributed by atoms with van der Waals surface area (Å²) in [7, 11) is -1.88. The molecular weight excluding hydrogens is 673 g/mol. The number of likely N-dealkylation sites (tertiary alicyclic amines) is 1. The Morgan fingerprint density at radius 2 is 1.73 bits per heavy atom. The average Bonchev–Trinajstić information content (AvgIpc) is 3.42. The molecule has 0 saturated carbocycles. The molecule has 3 aromatic rings. The van der Waals surface area contributed by atoms with E-state index >= 15 is 4.79 Å². The Bertz CT molecular complexity index is 1930. The lowest BCUT2D eigenvalue weighted by Gasteiger charge is -2.43. The molecule has 51 heavy (non-hydrogen) atoms. The molecule has 1 atom stereocenters. The first-order valence-electron chi connectivity index (χ1n) is 17.3. The summed E-state index contributed by atoms with van der Waals surface area (Å²) in [5.74, 6) is -0.765. The number of piperidine rings is 1. The van der Waals surface area contributed by atoms with Crippen LogP contribution >= 0.6 is 0 Å². The van der Waals surface area contributed by atoms with Crippen LogP contribution in [0.3, 0.4) is 0 Å². The van der Waals surface area contributed by atoms with Gasteiger partial charge in [0.15, 0.2) is 0 Å². The van der Waals surface area contributed by atoms with Gasteiger partial charge in [-0.3, -0.25) is 14.5 Å². The maximum atomic E-state index is 15.2. The van der Waals surface area contributed by atoms with Crippen molar-refractivity contribution >= 4 is 27.5 Å². The maximum Gasteiger partial charge on any atom is 0.274 e. The van der Waals surface area contributed by atoms with Gasteiger partial charge in [0.1, 0.15) is 21.8 Å². The molecule has 2 amide bonds. The Morgan fingerprint density at radius 1 is 0.980 bits per heavy atom. The van der Waals surface area contributed by atoms with Crippen LogP contribution in [0.15, 0.2) is 59.6 Å². The fourth-order valence-electron chi connectivity index (χ4n) is 7.62. The molecule has 14 heteroatoms. The number of fused-ring (bicyclic) bond motifs is 1. The lowest BCUT2D eigenvalue weighted by atomic mass is 9.72. The Kier molecular flexibility index (Phi) is 10.5. The van der Waals surface area contributed by atoms with Crippen molar-refractivity contribution in [1.29, 1.82) is 5.26 Å². The molecular formula is C37H44N6O7S. The fraction of sp³-hybridized carbons (Fsp3) is 0.459. The first-order valence-corrected chi connectivity index (χ1v) is 18.8. The first-order chi connectivity index (χ1) is 24.6. The third kappa shape index (κ3) is 6.50. The number of benzene rings is 2. The zero-order valence-electron chi connectivity index (χ0n) is 29.5. The molecule has 0 radical (unpaired) electrons. The lowest BCUT2D eigenvalue weighted by molar-refractivity contribution is -0.137. The highest BCUT2D eigenvalue weighted by Gasteiger charge is 2.59. The molecule has 3 aliphatic heterocycles. The molecule has 2 saturated heterocycles. The van der Waals surface area contributed by atoms with E-state index in [1.54, 1.807) is 24.0 Å². The number of carbonyl (C=O) groups is 2. The van der Waals surface area contributed by atoms with Gasteiger partial charge >= 0.3 is 0 Å². The molecule has 2 aromatic carbocycles. The summed E-state index contributed by atoms with van der Waals surface area (Å²) in [6, 6.07) is 14.4. The number of hydrogen-bond donors (Lipinski definition) is 0. The zero-order valence-corrected chi connectivity index (χ0v) is 30.3. The van der Waals surface area contributed by atoms with Gasteiger partial charge in [0.25, 0.3) is 15.9 Å². The summed E-state index contributed by atoms with van der Waals surface area (Å²) < 4.78 is 46.7. The molecule has 2 fully saturated rings. The van der Waals surface area contributed by atoms with Gasteiger partial charge in [-0.05, 0) is 81.4 Å². The molecule has 0 bridgehead atoms. The molecule has 13 nitrogen and oxygen atoms in total. The van der Waals surface area contributed by atoms with Crippen molar-refractivity contribution in [2.45, 2.75) is 49.5 Å². The van der Waals surface area contributed by atoms with Crippen LogP contribution in [0.1, 0.15) is 49.8 Å². The van der Waals surface area contributed by atoms with E-state index in [0.29, 0.717) is 38.0 Å². The van der Waals surface area contributed by atoms with Crippen LogP contribution in [-0.2, 0) is 25.0 Å². The summed E-state index contributed by atoms with van der Waals surface area (Å²) >= 11 is 0. The van der Waals surface area contributed by atoms with Crippen LogP contribution < -0.4 is 18.5 Å². The van der Waals surface area contributed by atoms with E-state index < -0.39 is 27.8 Å². The van der Waals surface area contributed by atoms with Gasteiger partial charge in [0, 0.05) is 56.5 Å². The standard InChI is InChI=1S/C37H44N6O7S/c1-5-40-16-13-27(14-17-40)41-18-20-42(21-19-41)34(44)24-37(29-8-7-15-39-35(29)50-6-2)30-22-26(25-38)9-11-31(30)43(36(37)45)51(46,47)33-12-10-28(48-3)23-32(33)49-4/h7-12,15,22-23,27H,5-6,13-14,16-21,24H2,1-4H3. The monoisotopic (exact) mass is 716 g/mol. The highest BCUT2D eigenvalue weighted by Crippen LogP contribution is 2.53. The van der Waals surface area contributed by atoms with E-state index in [1.165, 1.54) is 56.8 Å². The van der Waals surface area contributed by atoms with Crippen molar-refractivity contribution < 1.29 is 32.2 Å². The second-order valence-corrected chi connectivity index (χ2v) is 14.6. The Hall–Kier alpha value is -4.71. The minimum atomic E-state index is -4.66. The number of anilines is 1. The minimum absolute atomic E-state index is 0.0270. The topological polar surface area (TPSA) is 146 Å². The third-order valence-corrected chi connectivity index (χ3v) is 12.1. The smallest absolute Gasteiger partial charge is 0.274 e. The second-order valence-electron chi connectivity index (χ2n) is 12.9. The predicted molar refractivity (Wildman–Crippen MR) is 189 cm³/mol. The SMILES string of the molecule is CCOc1ncccc1C1(CC(=O)N2CCN(C3CCN(CC)CC3)CC2)C(=O)N(S(=O)(=O)c2ccc(OC)cc2OC)c2ccc(C#N)cc21. The Balaban J connectivity index is 1.43. The summed E-state index contributed by atoms with van der Waals surface area (Å²) in [4.78, 5) is 40.5. The number of aromatic nitrogens is 1. The van der Waals surface area contributed by atoms with Crippen molar-refractivity contribution in [1.82, 2.24) is 19.7 Å². The van der Waals surface area contributed by atoms with Crippen molar-refractivity contribution in [3.05, 3.63) is 71.4 Å². The summed E-state index contributed by atoms with van der Waals surface area (Å²) in [6.07, 6.45) is 3.28. The number of pyridine rings is 1. The van der Waals surface area contributed by atoms with E-state index in [9.17, 15) is 18.5 Å². The Labute approximate surface area is 299 Å². The largest absolute Gasteiger partial charge is 0.497 e. The highest BCUT2D eigenvalue weighted by molar-refractivity contribution is 7.93. The molecule has 4 heterocycles. The van der Waals surface area contributed by atoms with Gasteiger partial charge in [-0.25, -0.2) is 17.7 Å².